The van der Waals surface area contributed by atoms with Crippen LogP contribution in [0.3, 0.4) is 0 Å². The summed E-state index contributed by atoms with van der Waals surface area (Å²) in [6.45, 7) is 15.2. The predicted octanol–water partition coefficient (Wildman–Crippen LogP) is 5.51. The second-order valence-corrected chi connectivity index (χ2v) is 9.71. The number of aliphatic hydroxyl groups is 1. The molecule has 0 bridgehead atoms. The fourth-order valence-electron chi connectivity index (χ4n) is 4.84. The average molecular weight is 551 g/mol. The number of Topliss-reactive ketones (excluding diaryl/α,β-unsaturated/α-hetero) is 1. The molecule has 1 aliphatic rings. The van der Waals surface area contributed by atoms with Gasteiger partial charge in [0.25, 0.3) is 11.7 Å². The average Bonchev–Trinajstić information content (AvgIpc) is 3.21. The van der Waals surface area contributed by atoms with Crippen LogP contribution in [0, 0.1) is 6.92 Å². The third kappa shape index (κ3) is 6.86. The number of likely N-dealkylation sites (N-methyl/N-ethyl adjacent to an activating group) is 1. The minimum atomic E-state index is -0.794. The Morgan fingerprint density at radius 2 is 1.82 bits per heavy atom. The Kier molecular flexibility index (Phi) is 11.2. The Hall–Kier alpha value is -3.78. The van der Waals surface area contributed by atoms with Crippen molar-refractivity contribution in [3.05, 3.63) is 71.3 Å². The van der Waals surface area contributed by atoms with Crippen LogP contribution in [0.4, 0.5) is 0 Å². The van der Waals surface area contributed by atoms with Gasteiger partial charge in [0.2, 0.25) is 0 Å². The molecular formula is C32H42N2O6. The molecule has 216 valence electrons. The van der Waals surface area contributed by atoms with Crippen LogP contribution in [0.25, 0.3) is 5.76 Å². The normalized spacial score (nSPS) is 16.4. The zero-order valence-electron chi connectivity index (χ0n) is 24.4. The van der Waals surface area contributed by atoms with Crippen molar-refractivity contribution in [2.75, 3.05) is 46.5 Å². The first-order valence-electron chi connectivity index (χ1n) is 14.0. The van der Waals surface area contributed by atoms with Crippen LogP contribution in [0.5, 0.6) is 17.2 Å². The Morgan fingerprint density at radius 1 is 1.07 bits per heavy atom. The molecule has 1 amide bonds. The Morgan fingerprint density at radius 3 is 2.45 bits per heavy atom. The second kappa shape index (κ2) is 14.6. The molecule has 2 aromatic rings. The molecule has 0 radical (unpaired) electrons. The number of amides is 1. The van der Waals surface area contributed by atoms with Crippen LogP contribution >= 0.6 is 0 Å². The van der Waals surface area contributed by atoms with Gasteiger partial charge in [0.1, 0.15) is 18.1 Å². The molecule has 0 aromatic heterocycles. The van der Waals surface area contributed by atoms with Crippen LogP contribution in [0.15, 0.2) is 54.6 Å². The van der Waals surface area contributed by atoms with Crippen molar-refractivity contribution in [2.45, 2.75) is 46.6 Å². The summed E-state index contributed by atoms with van der Waals surface area (Å²) in [5.74, 6) is 0.104. The third-order valence-electron chi connectivity index (χ3n) is 7.17. The first-order chi connectivity index (χ1) is 19.3. The highest BCUT2D eigenvalue weighted by Crippen LogP contribution is 2.42. The molecule has 1 aliphatic heterocycles. The second-order valence-electron chi connectivity index (χ2n) is 9.71. The molecule has 40 heavy (non-hydrogen) atoms. The monoisotopic (exact) mass is 550 g/mol. The molecule has 1 N–H and O–H groups in total. The minimum absolute atomic E-state index is 0.0501. The maximum atomic E-state index is 13.5. The van der Waals surface area contributed by atoms with E-state index in [0.717, 1.165) is 31.5 Å². The van der Waals surface area contributed by atoms with E-state index in [0.29, 0.717) is 54.7 Å². The highest BCUT2D eigenvalue weighted by Gasteiger charge is 2.46. The summed E-state index contributed by atoms with van der Waals surface area (Å²) in [6, 6.07) is 9.85. The Balaban J connectivity index is 2.11. The molecule has 8 heteroatoms. The van der Waals surface area contributed by atoms with E-state index < -0.39 is 17.7 Å². The predicted molar refractivity (Wildman–Crippen MR) is 157 cm³/mol. The van der Waals surface area contributed by atoms with Gasteiger partial charge in [0.05, 0.1) is 25.3 Å². The van der Waals surface area contributed by atoms with Gasteiger partial charge in [0, 0.05) is 18.7 Å². The number of likely N-dealkylation sites (tertiary alicyclic amines) is 1. The number of rotatable bonds is 15. The molecule has 1 saturated heterocycles. The molecule has 1 atom stereocenters. The van der Waals surface area contributed by atoms with Gasteiger partial charge >= 0.3 is 0 Å². The summed E-state index contributed by atoms with van der Waals surface area (Å²) in [7, 11) is 1.53. The minimum Gasteiger partial charge on any atom is -0.507 e. The molecule has 2 aromatic carbocycles. The molecule has 0 aliphatic carbocycles. The number of hydrogen-bond acceptors (Lipinski definition) is 7. The van der Waals surface area contributed by atoms with E-state index >= 15 is 0 Å². The third-order valence-corrected chi connectivity index (χ3v) is 7.17. The maximum absolute atomic E-state index is 13.5. The number of benzene rings is 2. The van der Waals surface area contributed by atoms with Crippen molar-refractivity contribution in [1.29, 1.82) is 0 Å². The van der Waals surface area contributed by atoms with Crippen LogP contribution in [0.2, 0.25) is 0 Å². The fraction of sp³-hybridized carbons (Fsp3) is 0.438. The number of hydrogen-bond donors (Lipinski definition) is 1. The largest absolute Gasteiger partial charge is 0.507 e. The van der Waals surface area contributed by atoms with Crippen LogP contribution < -0.4 is 14.2 Å². The van der Waals surface area contributed by atoms with Crippen molar-refractivity contribution in [1.82, 2.24) is 9.80 Å². The number of aliphatic hydroxyl groups excluding tert-OH is 1. The van der Waals surface area contributed by atoms with Gasteiger partial charge in [-0.1, -0.05) is 45.9 Å². The van der Waals surface area contributed by atoms with E-state index in [1.54, 1.807) is 41.3 Å². The highest BCUT2D eigenvalue weighted by molar-refractivity contribution is 6.46. The van der Waals surface area contributed by atoms with Gasteiger partial charge in [-0.15, -0.1) is 0 Å². The number of nitrogens with zero attached hydrogens (tertiary/aromatic N) is 2. The number of unbranched alkanes of at least 4 members (excludes halogenated alkanes) is 1. The molecule has 1 fully saturated rings. The summed E-state index contributed by atoms with van der Waals surface area (Å²) in [5, 5.41) is 11.6. The number of ketones is 1. The SMILES string of the molecule is C=CCOc1ccc(C2C(=C(O)c3ccc(OCCCC)cc3C)C(=O)C(=O)N2CCN(CC)CC)cc1OC. The fourth-order valence-corrected chi connectivity index (χ4v) is 4.84. The lowest BCUT2D eigenvalue weighted by Gasteiger charge is -2.28. The zero-order valence-corrected chi connectivity index (χ0v) is 24.4. The van der Waals surface area contributed by atoms with Crippen molar-refractivity contribution >= 4 is 17.4 Å². The van der Waals surface area contributed by atoms with Crippen LogP contribution in [-0.4, -0.2) is 73.1 Å². The molecule has 0 spiro atoms. The summed E-state index contributed by atoms with van der Waals surface area (Å²) >= 11 is 0. The lowest BCUT2D eigenvalue weighted by molar-refractivity contribution is -0.140. The standard InChI is InChI=1S/C32H42N2O6/c1-7-11-19-39-24-13-14-25(22(5)20-24)30(35)28-29(23-12-15-26(40-18-8-2)27(21-23)38-6)34(32(37)31(28)36)17-16-33(9-3)10-4/h8,12-15,20-21,29,35H,2,7,9-11,16-19H2,1,3-6H3. The molecule has 8 nitrogen and oxygen atoms in total. The first-order valence-corrected chi connectivity index (χ1v) is 14.0. The first kappa shape index (κ1) is 30.8. The van der Waals surface area contributed by atoms with E-state index in [9.17, 15) is 14.7 Å². The quantitative estimate of drug-likeness (QED) is 0.103. The van der Waals surface area contributed by atoms with Gasteiger partial charge in [0.15, 0.2) is 11.5 Å². The maximum Gasteiger partial charge on any atom is 0.295 e. The number of carbonyl (C=O) groups is 2. The molecule has 1 heterocycles. The van der Waals surface area contributed by atoms with Gasteiger partial charge in [-0.05, 0) is 67.9 Å². The number of carbonyl (C=O) groups excluding carboxylic acids is 2. The molecule has 0 saturated carbocycles. The van der Waals surface area contributed by atoms with E-state index in [1.807, 2.05) is 13.0 Å². The number of aryl methyl sites for hydroxylation is 1. The summed E-state index contributed by atoms with van der Waals surface area (Å²) in [6.07, 6.45) is 3.61. The van der Waals surface area contributed by atoms with Gasteiger partial charge in [-0.3, -0.25) is 9.59 Å². The highest BCUT2D eigenvalue weighted by atomic mass is 16.5. The molecule has 1 unspecified atom stereocenters. The lowest BCUT2D eigenvalue weighted by atomic mass is 9.93. The smallest absolute Gasteiger partial charge is 0.295 e. The van der Waals surface area contributed by atoms with Gasteiger partial charge < -0.3 is 29.1 Å². The lowest BCUT2D eigenvalue weighted by Crippen LogP contribution is -2.38. The van der Waals surface area contributed by atoms with Crippen molar-refractivity contribution in [3.8, 4) is 17.2 Å². The summed E-state index contributed by atoms with van der Waals surface area (Å²) < 4.78 is 17.1. The van der Waals surface area contributed by atoms with E-state index in [-0.39, 0.29) is 11.3 Å². The number of methoxy groups -OCH3 is 1. The van der Waals surface area contributed by atoms with Gasteiger partial charge in [-0.2, -0.15) is 0 Å². The topological polar surface area (TPSA) is 88.5 Å². The number of ether oxygens (including phenoxy) is 3. The Bertz CT molecular complexity index is 1230. The summed E-state index contributed by atoms with van der Waals surface area (Å²) in [4.78, 5) is 30.6. The van der Waals surface area contributed by atoms with Crippen molar-refractivity contribution in [2.24, 2.45) is 0 Å². The van der Waals surface area contributed by atoms with Crippen LogP contribution in [-0.2, 0) is 9.59 Å². The van der Waals surface area contributed by atoms with E-state index in [4.69, 9.17) is 14.2 Å². The van der Waals surface area contributed by atoms with Gasteiger partial charge in [-0.25, -0.2) is 0 Å². The Labute approximate surface area is 237 Å². The molecular weight excluding hydrogens is 508 g/mol. The zero-order chi connectivity index (χ0) is 29.2. The van der Waals surface area contributed by atoms with Crippen molar-refractivity contribution in [3.63, 3.8) is 0 Å². The summed E-state index contributed by atoms with van der Waals surface area (Å²) in [5.41, 5.74) is 1.91. The van der Waals surface area contributed by atoms with E-state index in [2.05, 4.69) is 32.3 Å². The van der Waals surface area contributed by atoms with Crippen LogP contribution in [0.1, 0.15) is 56.3 Å². The molecule has 3 rings (SSSR count). The van der Waals surface area contributed by atoms with Crippen molar-refractivity contribution < 1.29 is 28.9 Å². The van der Waals surface area contributed by atoms with E-state index in [1.165, 1.54) is 7.11 Å².